The van der Waals surface area contributed by atoms with Crippen LogP contribution in [-0.4, -0.2) is 33.5 Å². The lowest BCUT2D eigenvalue weighted by atomic mass is 10.4. The summed E-state index contributed by atoms with van der Waals surface area (Å²) >= 11 is 7.86. The van der Waals surface area contributed by atoms with E-state index >= 15 is 0 Å². The predicted octanol–water partition coefficient (Wildman–Crippen LogP) is 3.56. The Morgan fingerprint density at radius 1 is 1.42 bits per heavy atom. The first-order valence-electron chi connectivity index (χ1n) is 5.75. The van der Waals surface area contributed by atoms with Gasteiger partial charge in [-0.05, 0) is 20.8 Å². The molecule has 0 saturated carbocycles. The Bertz CT molecular complexity index is 430. The maximum Gasteiger partial charge on any atom is 0.426 e. The summed E-state index contributed by atoms with van der Waals surface area (Å²) < 4.78 is 29.5. The highest BCUT2D eigenvalue weighted by Gasteiger charge is 2.40. The number of nitrogens with zero attached hydrogens (tertiary/aromatic N) is 3. The number of hydrogen-bond acceptors (Lipinski definition) is 4. The molecule has 0 radical (unpaired) electrons. The van der Waals surface area contributed by atoms with Crippen LogP contribution in [-0.2, 0) is 0 Å². The quantitative estimate of drug-likeness (QED) is 0.729. The van der Waals surface area contributed by atoms with Gasteiger partial charge in [0, 0.05) is 24.8 Å². The molecule has 0 aliphatic rings. The number of halogens is 4. The van der Waals surface area contributed by atoms with Crippen molar-refractivity contribution in [3.8, 4) is 6.01 Å². The molecule has 0 spiro atoms. The molecule has 1 unspecified atom stereocenters. The number of rotatable bonds is 6. The van der Waals surface area contributed by atoms with Gasteiger partial charge in [-0.1, -0.05) is 27.5 Å². The number of aromatic nitrogens is 2. The molecule has 0 amide bonds. The third-order valence-electron chi connectivity index (χ3n) is 2.39. The molecule has 1 heterocycles. The van der Waals surface area contributed by atoms with E-state index in [1.807, 2.05) is 18.7 Å². The van der Waals surface area contributed by atoms with E-state index < -0.39 is 16.4 Å². The highest BCUT2D eigenvalue weighted by molar-refractivity contribution is 9.10. The molecule has 1 aromatic heterocycles. The number of ether oxygens (including phenoxy) is 1. The van der Waals surface area contributed by atoms with Crippen molar-refractivity contribution < 1.29 is 13.5 Å². The molecular formula is C11H15BrClF2N3O. The van der Waals surface area contributed by atoms with E-state index in [-0.39, 0.29) is 0 Å². The van der Waals surface area contributed by atoms with Crippen LogP contribution in [0.4, 0.5) is 14.6 Å². The van der Waals surface area contributed by atoms with Crippen LogP contribution in [0.25, 0.3) is 0 Å². The molecule has 108 valence electrons. The smallest absolute Gasteiger partial charge is 0.397 e. The zero-order chi connectivity index (χ0) is 14.6. The summed E-state index contributed by atoms with van der Waals surface area (Å²) in [5.74, 6) is 0.545. The average Bonchev–Trinajstić information content (AvgIpc) is 2.28. The van der Waals surface area contributed by atoms with E-state index in [0.29, 0.717) is 24.6 Å². The molecule has 0 bridgehead atoms. The van der Waals surface area contributed by atoms with Crippen molar-refractivity contribution in [1.29, 1.82) is 0 Å². The molecule has 0 fully saturated rings. The maximum absolute atomic E-state index is 13.4. The van der Waals surface area contributed by atoms with Crippen LogP contribution in [0.2, 0.25) is 0 Å². The molecule has 0 N–H and O–H groups in total. The monoisotopic (exact) mass is 357 g/mol. The minimum Gasteiger partial charge on any atom is -0.397 e. The Balaban J connectivity index is 3.03. The van der Waals surface area contributed by atoms with E-state index in [0.717, 1.165) is 0 Å². The number of aryl methyl sites for hydroxylation is 1. The van der Waals surface area contributed by atoms with Gasteiger partial charge in [-0.25, -0.2) is 4.98 Å². The molecule has 8 heteroatoms. The van der Waals surface area contributed by atoms with Gasteiger partial charge < -0.3 is 9.64 Å². The lowest BCUT2D eigenvalue weighted by molar-refractivity contribution is -0.165. The average molecular weight is 359 g/mol. The van der Waals surface area contributed by atoms with Crippen molar-refractivity contribution in [2.45, 2.75) is 31.2 Å². The van der Waals surface area contributed by atoms with E-state index in [1.165, 1.54) is 0 Å². The molecule has 1 aromatic rings. The largest absolute Gasteiger partial charge is 0.426 e. The van der Waals surface area contributed by atoms with Crippen LogP contribution in [0.5, 0.6) is 6.01 Å². The van der Waals surface area contributed by atoms with Gasteiger partial charge in [0.1, 0.15) is 5.82 Å². The topological polar surface area (TPSA) is 38.2 Å². The Labute approximate surface area is 124 Å². The fourth-order valence-electron chi connectivity index (χ4n) is 1.45. The maximum atomic E-state index is 13.4. The molecular weight excluding hydrogens is 343 g/mol. The fraction of sp³-hybridized carbons (Fsp3) is 0.636. The van der Waals surface area contributed by atoms with E-state index in [2.05, 4.69) is 30.6 Å². The van der Waals surface area contributed by atoms with Gasteiger partial charge in [-0.2, -0.15) is 13.8 Å². The van der Waals surface area contributed by atoms with Gasteiger partial charge in [0.25, 0.3) is 0 Å². The van der Waals surface area contributed by atoms with E-state index in [4.69, 9.17) is 11.6 Å². The van der Waals surface area contributed by atoms with Crippen LogP contribution >= 0.6 is 27.5 Å². The molecule has 0 aromatic carbocycles. The summed E-state index contributed by atoms with van der Waals surface area (Å²) in [6.45, 7) is 7.00. The Kier molecular flexibility index (Phi) is 5.73. The van der Waals surface area contributed by atoms with Gasteiger partial charge in [0.15, 0.2) is 4.29 Å². The minimum atomic E-state index is -3.59. The second-order valence-electron chi connectivity index (χ2n) is 3.79. The summed E-state index contributed by atoms with van der Waals surface area (Å²) in [5.41, 5.74) is 0.545. The molecule has 1 atom stereocenters. The van der Waals surface area contributed by atoms with Crippen molar-refractivity contribution in [2.24, 2.45) is 0 Å². The Morgan fingerprint density at radius 3 is 2.47 bits per heavy atom. The normalized spacial score (nSPS) is 13.2. The first-order valence-corrected chi connectivity index (χ1v) is 7.11. The first kappa shape index (κ1) is 16.4. The number of alkyl halides is 4. The fourth-order valence-corrected chi connectivity index (χ4v) is 1.58. The van der Waals surface area contributed by atoms with Gasteiger partial charge in [-0.3, -0.25) is 0 Å². The van der Waals surface area contributed by atoms with Crippen molar-refractivity contribution in [2.75, 3.05) is 18.0 Å². The van der Waals surface area contributed by atoms with Crippen molar-refractivity contribution in [3.05, 3.63) is 11.8 Å². The molecule has 0 saturated heterocycles. The Hall–Kier alpha value is -0.690. The van der Waals surface area contributed by atoms with Gasteiger partial charge in [0.05, 0.1) is 0 Å². The zero-order valence-electron chi connectivity index (χ0n) is 10.8. The van der Waals surface area contributed by atoms with Gasteiger partial charge in [0.2, 0.25) is 0 Å². The molecule has 0 aliphatic carbocycles. The first-order chi connectivity index (χ1) is 8.80. The molecule has 1 rings (SSSR count). The highest BCUT2D eigenvalue weighted by atomic mass is 79.9. The van der Waals surface area contributed by atoms with Gasteiger partial charge >= 0.3 is 12.1 Å². The summed E-state index contributed by atoms with van der Waals surface area (Å²) in [5, 5.41) is 0. The van der Waals surface area contributed by atoms with Crippen LogP contribution in [0, 0.1) is 6.92 Å². The van der Waals surface area contributed by atoms with Gasteiger partial charge in [-0.15, -0.1) is 0 Å². The van der Waals surface area contributed by atoms with Crippen molar-refractivity contribution in [3.63, 3.8) is 0 Å². The minimum absolute atomic E-state index is 0.392. The molecule has 0 aliphatic heterocycles. The summed E-state index contributed by atoms with van der Waals surface area (Å²) in [7, 11) is 0. The standard InChI is InChI=1S/C11H15BrClF2N3O/c1-4-18(5-2)8-6-7(3)16-10(17-8)19-11(14,15)9(12)13/h6,9H,4-5H2,1-3H3. The van der Waals surface area contributed by atoms with Crippen LogP contribution in [0.3, 0.4) is 0 Å². The Morgan fingerprint density at radius 2 is 2.00 bits per heavy atom. The van der Waals surface area contributed by atoms with Crippen molar-refractivity contribution >= 4 is 33.3 Å². The second-order valence-corrected chi connectivity index (χ2v) is 5.67. The molecule has 19 heavy (non-hydrogen) atoms. The lowest BCUT2D eigenvalue weighted by Crippen LogP contribution is -2.33. The highest BCUT2D eigenvalue weighted by Crippen LogP contribution is 2.30. The third kappa shape index (κ3) is 4.42. The molecule has 4 nitrogen and oxygen atoms in total. The lowest BCUT2D eigenvalue weighted by Gasteiger charge is -2.22. The summed E-state index contributed by atoms with van der Waals surface area (Å²) in [6.07, 6.45) is -3.59. The van der Waals surface area contributed by atoms with Crippen LogP contribution < -0.4 is 9.64 Å². The SMILES string of the molecule is CCN(CC)c1cc(C)nc(OC(F)(F)C(Cl)Br)n1. The van der Waals surface area contributed by atoms with Crippen molar-refractivity contribution in [1.82, 2.24) is 9.97 Å². The van der Waals surface area contributed by atoms with E-state index in [1.54, 1.807) is 13.0 Å². The second kappa shape index (κ2) is 6.65. The number of hydrogen-bond donors (Lipinski definition) is 0. The van der Waals surface area contributed by atoms with Crippen LogP contribution in [0.1, 0.15) is 19.5 Å². The predicted molar refractivity (Wildman–Crippen MR) is 74.5 cm³/mol. The zero-order valence-corrected chi connectivity index (χ0v) is 13.2. The number of anilines is 1. The summed E-state index contributed by atoms with van der Waals surface area (Å²) in [6, 6.07) is 1.32. The third-order valence-corrected chi connectivity index (χ3v) is 3.18. The summed E-state index contributed by atoms with van der Waals surface area (Å²) in [4.78, 5) is 9.72. The van der Waals surface area contributed by atoms with Crippen LogP contribution in [0.15, 0.2) is 6.07 Å². The van der Waals surface area contributed by atoms with E-state index in [9.17, 15) is 8.78 Å².